The summed E-state index contributed by atoms with van der Waals surface area (Å²) < 4.78 is 4.45. The van der Waals surface area contributed by atoms with E-state index < -0.39 is 0 Å². The van der Waals surface area contributed by atoms with Crippen molar-refractivity contribution in [3.8, 4) is 0 Å². The molecule has 0 unspecified atom stereocenters. The lowest BCUT2D eigenvalue weighted by Gasteiger charge is -2.13. The Kier molecular flexibility index (Phi) is 3.79. The molecule has 0 fully saturated rings. The molecular weight excluding hydrogens is 244 g/mol. The first kappa shape index (κ1) is 13.1. The van der Waals surface area contributed by atoms with E-state index in [0.29, 0.717) is 11.6 Å². The predicted molar refractivity (Wildman–Crippen MR) is 71.6 cm³/mol. The van der Waals surface area contributed by atoms with E-state index >= 15 is 0 Å². The van der Waals surface area contributed by atoms with Crippen LogP contribution in [0.4, 0.5) is 11.5 Å². The highest BCUT2D eigenvalue weighted by Gasteiger charge is 2.13. The van der Waals surface area contributed by atoms with E-state index in [2.05, 4.69) is 34.1 Å². The second-order valence-electron chi connectivity index (χ2n) is 4.56. The highest BCUT2D eigenvalue weighted by atomic mass is 16.6. The van der Waals surface area contributed by atoms with Crippen molar-refractivity contribution in [2.45, 2.75) is 26.2 Å². The minimum Gasteiger partial charge on any atom is -0.379 e. The van der Waals surface area contributed by atoms with Gasteiger partial charge in [-0.05, 0) is 22.7 Å². The van der Waals surface area contributed by atoms with Gasteiger partial charge in [0.05, 0.1) is 6.42 Å². The van der Waals surface area contributed by atoms with E-state index in [0.717, 1.165) is 11.3 Å². The Morgan fingerprint density at radius 3 is 2.74 bits per heavy atom. The van der Waals surface area contributed by atoms with Crippen LogP contribution in [0.2, 0.25) is 0 Å². The minimum absolute atomic E-state index is 0.0434. The van der Waals surface area contributed by atoms with E-state index in [1.54, 1.807) is 0 Å². The number of carbonyl (C=O) groups excluding carboxylic acids is 1. The summed E-state index contributed by atoms with van der Waals surface area (Å²) >= 11 is 0. The number of nitrogens with zero attached hydrogens (tertiary/aromatic N) is 2. The van der Waals surface area contributed by atoms with Crippen LogP contribution < -0.4 is 11.1 Å². The van der Waals surface area contributed by atoms with Crippen molar-refractivity contribution in [3.05, 3.63) is 35.5 Å². The van der Waals surface area contributed by atoms with Crippen molar-refractivity contribution in [1.29, 1.82) is 0 Å². The second kappa shape index (κ2) is 5.51. The van der Waals surface area contributed by atoms with Crippen molar-refractivity contribution in [3.63, 3.8) is 0 Å². The van der Waals surface area contributed by atoms with Crippen molar-refractivity contribution >= 4 is 17.4 Å². The number of rotatable bonds is 4. The number of hydrogen-bond acceptors (Lipinski definition) is 5. The molecule has 0 saturated carbocycles. The van der Waals surface area contributed by atoms with Gasteiger partial charge in [0, 0.05) is 5.69 Å². The lowest BCUT2D eigenvalue weighted by atomic mass is 10.0. The first-order valence-corrected chi connectivity index (χ1v) is 6.03. The fourth-order valence-corrected chi connectivity index (χ4v) is 1.80. The maximum atomic E-state index is 11.9. The van der Waals surface area contributed by atoms with E-state index in [4.69, 9.17) is 5.73 Å². The number of hydrogen-bond donors (Lipinski definition) is 2. The van der Waals surface area contributed by atoms with Crippen molar-refractivity contribution in [1.82, 2.24) is 10.3 Å². The van der Waals surface area contributed by atoms with Gasteiger partial charge in [-0.1, -0.05) is 37.2 Å². The van der Waals surface area contributed by atoms with E-state index in [9.17, 15) is 4.79 Å². The quantitative estimate of drug-likeness (QED) is 0.876. The van der Waals surface area contributed by atoms with Crippen LogP contribution in [-0.2, 0) is 11.2 Å². The lowest BCUT2D eigenvalue weighted by molar-refractivity contribution is -0.115. The van der Waals surface area contributed by atoms with Gasteiger partial charge >= 0.3 is 0 Å². The maximum absolute atomic E-state index is 11.9. The number of nitrogens with two attached hydrogens (primary N) is 1. The Hall–Kier alpha value is -2.37. The van der Waals surface area contributed by atoms with Gasteiger partial charge in [-0.2, -0.15) is 0 Å². The van der Waals surface area contributed by atoms with Gasteiger partial charge < -0.3 is 11.1 Å². The van der Waals surface area contributed by atoms with E-state index in [-0.39, 0.29) is 18.1 Å². The Labute approximate surface area is 111 Å². The van der Waals surface area contributed by atoms with Crippen molar-refractivity contribution in [2.75, 3.05) is 11.1 Å². The molecule has 0 radical (unpaired) electrons. The predicted octanol–water partition coefficient (Wildman–Crippen LogP) is 1.96. The fraction of sp³-hybridized carbons (Fsp3) is 0.308. The number of nitrogen functional groups attached to an aromatic ring is 1. The molecular formula is C13H16N4O2. The summed E-state index contributed by atoms with van der Waals surface area (Å²) in [5.74, 6) is 0.276. The molecule has 3 N–H and O–H groups in total. The first-order valence-electron chi connectivity index (χ1n) is 6.03. The van der Waals surface area contributed by atoms with Crippen LogP contribution in [0.3, 0.4) is 0 Å². The number of benzene rings is 1. The SMILES string of the molecule is CC(C)c1ccccc1NC(=O)Cc1nonc1N. The Morgan fingerprint density at radius 1 is 1.37 bits per heavy atom. The van der Waals surface area contributed by atoms with Gasteiger partial charge in [0.25, 0.3) is 0 Å². The molecule has 6 nitrogen and oxygen atoms in total. The summed E-state index contributed by atoms with van der Waals surface area (Å²) in [6.07, 6.45) is 0.0434. The van der Waals surface area contributed by atoms with Gasteiger partial charge in [-0.25, -0.2) is 4.63 Å². The zero-order chi connectivity index (χ0) is 13.8. The lowest BCUT2D eigenvalue weighted by Crippen LogP contribution is -2.16. The van der Waals surface area contributed by atoms with Gasteiger partial charge in [-0.15, -0.1) is 0 Å². The minimum atomic E-state index is -0.199. The van der Waals surface area contributed by atoms with Crippen LogP contribution in [0, 0.1) is 0 Å². The zero-order valence-corrected chi connectivity index (χ0v) is 10.9. The van der Waals surface area contributed by atoms with E-state index in [1.165, 1.54) is 0 Å². The van der Waals surface area contributed by atoms with Crippen LogP contribution in [0.25, 0.3) is 0 Å². The molecule has 0 aliphatic carbocycles. The molecule has 1 aromatic heterocycles. The monoisotopic (exact) mass is 260 g/mol. The highest BCUT2D eigenvalue weighted by Crippen LogP contribution is 2.23. The molecule has 0 bridgehead atoms. The topological polar surface area (TPSA) is 94.0 Å². The van der Waals surface area contributed by atoms with Crippen LogP contribution >= 0.6 is 0 Å². The molecule has 0 aliphatic rings. The number of para-hydroxylation sites is 1. The average Bonchev–Trinajstić information content (AvgIpc) is 2.75. The van der Waals surface area contributed by atoms with Crippen LogP contribution in [0.1, 0.15) is 31.0 Å². The highest BCUT2D eigenvalue weighted by molar-refractivity contribution is 5.93. The maximum Gasteiger partial charge on any atom is 0.230 e. The first-order chi connectivity index (χ1) is 9.08. The summed E-state index contributed by atoms with van der Waals surface area (Å²) in [6.45, 7) is 4.15. The molecule has 0 atom stereocenters. The summed E-state index contributed by atoms with van der Waals surface area (Å²) in [5, 5.41) is 9.87. The molecule has 2 aromatic rings. The third-order valence-electron chi connectivity index (χ3n) is 2.77. The van der Waals surface area contributed by atoms with E-state index in [1.807, 2.05) is 24.3 Å². The number of nitrogens with one attached hydrogen (secondary N) is 1. The van der Waals surface area contributed by atoms with Crippen LogP contribution in [0.5, 0.6) is 0 Å². The molecule has 19 heavy (non-hydrogen) atoms. The molecule has 2 rings (SSSR count). The van der Waals surface area contributed by atoms with Gasteiger partial charge in [0.2, 0.25) is 5.91 Å². The summed E-state index contributed by atoms with van der Waals surface area (Å²) in [4.78, 5) is 11.9. The molecule has 0 spiro atoms. The molecule has 100 valence electrons. The Morgan fingerprint density at radius 2 is 2.11 bits per heavy atom. The Balaban J connectivity index is 2.09. The third-order valence-corrected chi connectivity index (χ3v) is 2.77. The smallest absolute Gasteiger partial charge is 0.230 e. The van der Waals surface area contributed by atoms with Crippen LogP contribution in [0.15, 0.2) is 28.9 Å². The Bertz CT molecular complexity index is 578. The molecule has 1 amide bonds. The van der Waals surface area contributed by atoms with Crippen molar-refractivity contribution in [2.24, 2.45) is 0 Å². The normalized spacial score (nSPS) is 10.7. The third kappa shape index (κ3) is 3.09. The number of amides is 1. The van der Waals surface area contributed by atoms with Gasteiger partial charge in [0.1, 0.15) is 5.69 Å². The molecule has 0 saturated heterocycles. The average molecular weight is 260 g/mol. The largest absolute Gasteiger partial charge is 0.379 e. The molecule has 1 aromatic carbocycles. The zero-order valence-electron chi connectivity index (χ0n) is 10.9. The molecule has 0 aliphatic heterocycles. The summed E-state index contributed by atoms with van der Waals surface area (Å²) in [5.41, 5.74) is 7.75. The number of anilines is 2. The molecule has 1 heterocycles. The summed E-state index contributed by atoms with van der Waals surface area (Å²) in [6, 6.07) is 7.70. The number of aromatic nitrogens is 2. The van der Waals surface area contributed by atoms with Crippen molar-refractivity contribution < 1.29 is 9.42 Å². The van der Waals surface area contributed by atoms with Gasteiger partial charge in [0.15, 0.2) is 5.82 Å². The standard InChI is InChI=1S/C13H16N4O2/c1-8(2)9-5-3-4-6-10(9)15-12(18)7-11-13(14)17-19-16-11/h3-6,8H,7H2,1-2H3,(H2,14,17)(H,15,18). The fourth-order valence-electron chi connectivity index (χ4n) is 1.80. The van der Waals surface area contributed by atoms with Crippen LogP contribution in [-0.4, -0.2) is 16.2 Å². The number of carbonyl (C=O) groups is 1. The molecule has 6 heteroatoms. The second-order valence-corrected chi connectivity index (χ2v) is 4.56. The van der Waals surface area contributed by atoms with Gasteiger partial charge in [-0.3, -0.25) is 4.79 Å². The summed E-state index contributed by atoms with van der Waals surface area (Å²) in [7, 11) is 0.